The number of nitrogens with one attached hydrogen (secondary N) is 1. The van der Waals surface area contributed by atoms with Crippen molar-refractivity contribution in [1.82, 2.24) is 10.3 Å². The molecule has 0 atom stereocenters. The van der Waals surface area contributed by atoms with Crippen LogP contribution in [0.1, 0.15) is 26.0 Å². The lowest BCUT2D eigenvalue weighted by atomic mass is 9.90. The fourth-order valence-corrected chi connectivity index (χ4v) is 2.19. The van der Waals surface area contributed by atoms with Crippen molar-refractivity contribution < 1.29 is 9.52 Å². The summed E-state index contributed by atoms with van der Waals surface area (Å²) in [5, 5.41) is 13.6. The van der Waals surface area contributed by atoms with Crippen LogP contribution in [0.2, 0.25) is 5.15 Å². The average molecular weight is 283 g/mol. The van der Waals surface area contributed by atoms with Crippen LogP contribution in [0.4, 0.5) is 0 Å². The first kappa shape index (κ1) is 14.3. The monoisotopic (exact) mass is 282 g/mol. The highest BCUT2D eigenvalue weighted by molar-refractivity contribution is 6.34. The van der Waals surface area contributed by atoms with Crippen LogP contribution < -0.4 is 5.32 Å². The van der Waals surface area contributed by atoms with Gasteiger partial charge in [0, 0.05) is 19.3 Å². The Morgan fingerprint density at radius 3 is 2.95 bits per heavy atom. The van der Waals surface area contributed by atoms with Gasteiger partial charge >= 0.3 is 0 Å². The molecule has 2 aromatic heterocycles. The summed E-state index contributed by atoms with van der Waals surface area (Å²) < 4.78 is 5.69. The summed E-state index contributed by atoms with van der Waals surface area (Å²) >= 11 is 6.00. The van der Waals surface area contributed by atoms with Crippen molar-refractivity contribution in [1.29, 1.82) is 0 Å². The maximum absolute atomic E-state index is 8.98. The summed E-state index contributed by atoms with van der Waals surface area (Å²) in [6, 6.07) is 3.72. The van der Waals surface area contributed by atoms with Crippen molar-refractivity contribution >= 4 is 22.6 Å². The lowest BCUT2D eigenvalue weighted by Gasteiger charge is -2.23. The minimum absolute atomic E-state index is 0.0694. The third-order valence-electron chi connectivity index (χ3n) is 3.14. The van der Waals surface area contributed by atoms with Gasteiger partial charge in [-0.3, -0.25) is 0 Å². The van der Waals surface area contributed by atoms with Gasteiger partial charge < -0.3 is 14.8 Å². The van der Waals surface area contributed by atoms with Crippen LogP contribution in [0, 0.1) is 5.41 Å². The molecular weight excluding hydrogens is 264 g/mol. The molecular formula is C14H19ClN2O2. The van der Waals surface area contributed by atoms with Crippen molar-refractivity contribution in [2.75, 3.05) is 13.2 Å². The maximum atomic E-state index is 8.98. The van der Waals surface area contributed by atoms with E-state index in [1.54, 1.807) is 12.3 Å². The summed E-state index contributed by atoms with van der Waals surface area (Å²) in [5.74, 6) is 0.838. The number of aliphatic hydroxyl groups excluding tert-OH is 1. The first-order valence-electron chi connectivity index (χ1n) is 6.36. The second kappa shape index (κ2) is 5.90. The molecule has 0 saturated heterocycles. The van der Waals surface area contributed by atoms with Crippen LogP contribution in [-0.4, -0.2) is 23.2 Å². The van der Waals surface area contributed by atoms with Crippen molar-refractivity contribution in [3.8, 4) is 0 Å². The Morgan fingerprint density at radius 1 is 1.47 bits per heavy atom. The molecule has 0 saturated carbocycles. The van der Waals surface area contributed by atoms with Gasteiger partial charge in [0.2, 0.25) is 0 Å². The number of aromatic nitrogens is 1. The number of nitrogens with zero attached hydrogens (tertiary/aromatic N) is 1. The average Bonchev–Trinajstić information content (AvgIpc) is 2.73. The molecule has 0 aliphatic carbocycles. The number of hydrogen-bond donors (Lipinski definition) is 2. The lowest BCUT2D eigenvalue weighted by molar-refractivity contribution is 0.206. The first-order chi connectivity index (χ1) is 9.02. The maximum Gasteiger partial charge on any atom is 0.140 e. The normalized spacial score (nSPS) is 12.2. The van der Waals surface area contributed by atoms with Crippen molar-refractivity contribution in [2.24, 2.45) is 5.41 Å². The molecule has 2 rings (SSSR count). The molecule has 0 radical (unpaired) electrons. The van der Waals surface area contributed by atoms with Crippen molar-refractivity contribution in [2.45, 2.75) is 26.8 Å². The highest BCUT2D eigenvalue weighted by Crippen LogP contribution is 2.25. The SMILES string of the molecule is CC(C)(CCO)CNCc1cc2c(Cl)nccc2o1. The fourth-order valence-electron chi connectivity index (χ4n) is 1.99. The van der Waals surface area contributed by atoms with E-state index in [4.69, 9.17) is 21.1 Å². The van der Waals surface area contributed by atoms with E-state index in [9.17, 15) is 0 Å². The van der Waals surface area contributed by atoms with Gasteiger partial charge in [0.1, 0.15) is 16.5 Å². The summed E-state index contributed by atoms with van der Waals surface area (Å²) in [7, 11) is 0. The molecule has 0 spiro atoms. The number of halogens is 1. The van der Waals surface area contributed by atoms with Gasteiger partial charge in [0.05, 0.1) is 11.9 Å². The molecule has 0 aromatic carbocycles. The summed E-state index contributed by atoms with van der Waals surface area (Å²) in [5.41, 5.74) is 0.825. The van der Waals surface area contributed by atoms with Crippen LogP contribution >= 0.6 is 11.6 Å². The van der Waals surface area contributed by atoms with Crippen molar-refractivity contribution in [3.05, 3.63) is 29.2 Å². The Balaban J connectivity index is 1.97. The molecule has 0 aliphatic heterocycles. The number of aliphatic hydroxyl groups is 1. The van der Waals surface area contributed by atoms with Crippen LogP contribution in [0.25, 0.3) is 11.0 Å². The zero-order chi connectivity index (χ0) is 13.9. The molecule has 0 unspecified atom stereocenters. The summed E-state index contributed by atoms with van der Waals surface area (Å²) in [6.07, 6.45) is 2.41. The van der Waals surface area contributed by atoms with E-state index < -0.39 is 0 Å². The molecule has 2 heterocycles. The van der Waals surface area contributed by atoms with Gasteiger partial charge in [0.25, 0.3) is 0 Å². The Kier molecular flexibility index (Phi) is 4.45. The standard InChI is InChI=1S/C14H19ClN2O2/c1-14(2,4-6-18)9-16-8-10-7-11-12(19-10)3-5-17-13(11)15/h3,5,7,16,18H,4,6,8-9H2,1-2H3. The van der Waals surface area contributed by atoms with E-state index >= 15 is 0 Å². The molecule has 5 heteroatoms. The smallest absolute Gasteiger partial charge is 0.140 e. The lowest BCUT2D eigenvalue weighted by Crippen LogP contribution is -2.29. The molecule has 4 nitrogen and oxygen atoms in total. The zero-order valence-corrected chi connectivity index (χ0v) is 12.0. The van der Waals surface area contributed by atoms with E-state index in [0.717, 1.165) is 29.7 Å². The van der Waals surface area contributed by atoms with E-state index in [1.165, 1.54) is 0 Å². The van der Waals surface area contributed by atoms with Gasteiger partial charge in [0.15, 0.2) is 0 Å². The van der Waals surface area contributed by atoms with E-state index in [1.807, 2.05) is 6.07 Å². The minimum atomic E-state index is 0.0694. The Labute approximate surface area is 117 Å². The van der Waals surface area contributed by atoms with E-state index in [2.05, 4.69) is 24.1 Å². The topological polar surface area (TPSA) is 58.3 Å². The van der Waals surface area contributed by atoms with Crippen LogP contribution in [0.5, 0.6) is 0 Å². The highest BCUT2D eigenvalue weighted by atomic mass is 35.5. The summed E-state index contributed by atoms with van der Waals surface area (Å²) in [4.78, 5) is 4.02. The Bertz CT molecular complexity index is 551. The van der Waals surface area contributed by atoms with Crippen LogP contribution in [0.3, 0.4) is 0 Å². The number of fused-ring (bicyclic) bond motifs is 1. The third-order valence-corrected chi connectivity index (χ3v) is 3.44. The highest BCUT2D eigenvalue weighted by Gasteiger charge is 2.16. The van der Waals surface area contributed by atoms with E-state index in [0.29, 0.717) is 11.7 Å². The molecule has 0 aliphatic rings. The summed E-state index contributed by atoms with van der Waals surface area (Å²) in [6.45, 7) is 5.91. The first-order valence-corrected chi connectivity index (χ1v) is 6.74. The Morgan fingerprint density at radius 2 is 2.26 bits per heavy atom. The van der Waals surface area contributed by atoms with Gasteiger partial charge in [-0.05, 0) is 24.0 Å². The second-order valence-electron chi connectivity index (χ2n) is 5.47. The minimum Gasteiger partial charge on any atom is -0.460 e. The fraction of sp³-hybridized carbons (Fsp3) is 0.500. The molecule has 0 bridgehead atoms. The number of pyridine rings is 1. The second-order valence-corrected chi connectivity index (χ2v) is 5.83. The predicted molar refractivity (Wildman–Crippen MR) is 76.2 cm³/mol. The van der Waals surface area contributed by atoms with Crippen LogP contribution in [-0.2, 0) is 6.54 Å². The molecule has 104 valence electrons. The van der Waals surface area contributed by atoms with Gasteiger partial charge in [-0.2, -0.15) is 0 Å². The number of hydrogen-bond acceptors (Lipinski definition) is 4. The predicted octanol–water partition coefficient (Wildman–Crippen LogP) is 2.98. The number of rotatable bonds is 6. The van der Waals surface area contributed by atoms with Crippen LogP contribution in [0.15, 0.2) is 22.7 Å². The number of furan rings is 1. The Hall–Kier alpha value is -1.10. The van der Waals surface area contributed by atoms with Crippen molar-refractivity contribution in [3.63, 3.8) is 0 Å². The molecule has 19 heavy (non-hydrogen) atoms. The van der Waals surface area contributed by atoms with E-state index in [-0.39, 0.29) is 12.0 Å². The third kappa shape index (κ3) is 3.69. The molecule has 2 aromatic rings. The quantitative estimate of drug-likeness (QED) is 0.800. The van der Waals surface area contributed by atoms with Gasteiger partial charge in [-0.1, -0.05) is 25.4 Å². The molecule has 0 amide bonds. The largest absolute Gasteiger partial charge is 0.460 e. The molecule has 2 N–H and O–H groups in total. The van der Waals surface area contributed by atoms with Gasteiger partial charge in [-0.15, -0.1) is 0 Å². The zero-order valence-electron chi connectivity index (χ0n) is 11.2. The molecule has 0 fully saturated rings. The van der Waals surface area contributed by atoms with Gasteiger partial charge in [-0.25, -0.2) is 4.98 Å².